The fourth-order valence-corrected chi connectivity index (χ4v) is 0.693. The Morgan fingerprint density at radius 1 is 1.67 bits per heavy atom. The Morgan fingerprint density at radius 3 is 2.67 bits per heavy atom. The fraction of sp³-hybridized carbons (Fsp3) is 0.143. The molecule has 0 aliphatic carbocycles. The van der Waals surface area contributed by atoms with E-state index in [0.29, 0.717) is 5.56 Å². The minimum Gasteiger partial charge on any atom is -0.534 e. The fourth-order valence-electron chi connectivity index (χ4n) is 0.693. The maximum absolute atomic E-state index is 10.2. The number of aryl methyl sites for hydroxylation is 1. The molecule has 1 aromatic carbocycles. The number of phenolic OH excluding ortho intramolecular Hbond substituents is 1. The van der Waals surface area contributed by atoms with Crippen LogP contribution in [0.4, 0.5) is 5.69 Å². The molecule has 0 atom stereocenters. The molecule has 0 fully saturated rings. The number of nitro benzene ring substituents is 1. The Kier molecular flexibility index (Phi) is 4.35. The largest absolute Gasteiger partial charge is 0.534 e. The molecule has 0 amide bonds. The third kappa shape index (κ3) is 2.53. The molecule has 1 aromatic rings. The van der Waals surface area contributed by atoms with Gasteiger partial charge in [-0.1, -0.05) is 19.1 Å². The molecule has 0 spiro atoms. The number of non-ortho nitro benzene ring substituents is 1. The average molecular weight is 241 g/mol. The van der Waals surface area contributed by atoms with Crippen molar-refractivity contribution in [2.24, 2.45) is 0 Å². The summed E-state index contributed by atoms with van der Waals surface area (Å²) in [6.07, 6.45) is 0. The standard InChI is InChI=1S/C7H6NO3.Y/c1-5-4-6(8(10)11)2-3-7(5)9;/h2,4,9H,1H3;/q-1;. The number of benzene rings is 1. The summed E-state index contributed by atoms with van der Waals surface area (Å²) in [6.45, 7) is 1.58. The van der Waals surface area contributed by atoms with Crippen molar-refractivity contribution in [2.45, 2.75) is 6.92 Å². The quantitative estimate of drug-likeness (QED) is 0.459. The van der Waals surface area contributed by atoms with Crippen LogP contribution in [-0.2, 0) is 32.7 Å². The number of phenols is 1. The number of nitrogens with zero attached hydrogens (tertiary/aromatic N) is 1. The van der Waals surface area contributed by atoms with Crippen LogP contribution >= 0.6 is 0 Å². The molecule has 1 rings (SSSR count). The Morgan fingerprint density at radius 2 is 2.25 bits per heavy atom. The molecule has 0 bridgehead atoms. The van der Waals surface area contributed by atoms with Crippen molar-refractivity contribution in [1.82, 2.24) is 0 Å². The molecular formula is C7H6NO3Y-. The summed E-state index contributed by atoms with van der Waals surface area (Å²) in [7, 11) is 0. The van der Waals surface area contributed by atoms with E-state index in [1.54, 1.807) is 6.92 Å². The molecule has 0 saturated carbocycles. The first-order valence-electron chi connectivity index (χ1n) is 2.97. The molecule has 0 aliphatic heterocycles. The summed E-state index contributed by atoms with van der Waals surface area (Å²) in [5, 5.41) is 19.1. The normalized spacial score (nSPS) is 8.75. The van der Waals surface area contributed by atoms with Crippen molar-refractivity contribution < 1.29 is 42.7 Å². The van der Waals surface area contributed by atoms with Gasteiger partial charge in [0.1, 0.15) is 0 Å². The monoisotopic (exact) mass is 241 g/mol. The molecule has 12 heavy (non-hydrogen) atoms. The van der Waals surface area contributed by atoms with E-state index in [2.05, 4.69) is 6.07 Å². The van der Waals surface area contributed by atoms with Gasteiger partial charge in [0.2, 0.25) is 0 Å². The molecule has 4 nitrogen and oxygen atoms in total. The van der Waals surface area contributed by atoms with Crippen LogP contribution in [0.1, 0.15) is 5.56 Å². The molecule has 0 aromatic heterocycles. The second kappa shape index (κ2) is 4.53. The van der Waals surface area contributed by atoms with Gasteiger partial charge in [0.25, 0.3) is 0 Å². The van der Waals surface area contributed by atoms with Crippen LogP contribution < -0.4 is 0 Å². The van der Waals surface area contributed by atoms with Gasteiger partial charge in [0.05, 0.1) is 0 Å². The maximum atomic E-state index is 10.2. The van der Waals surface area contributed by atoms with Crippen LogP contribution in [0.15, 0.2) is 12.1 Å². The first-order chi connectivity index (χ1) is 5.11. The summed E-state index contributed by atoms with van der Waals surface area (Å²) in [5.41, 5.74) is 0.402. The zero-order valence-electron chi connectivity index (χ0n) is 6.44. The van der Waals surface area contributed by atoms with E-state index in [-0.39, 0.29) is 44.1 Å². The second-order valence-corrected chi connectivity index (χ2v) is 2.15. The van der Waals surface area contributed by atoms with Gasteiger partial charge in [-0.3, -0.25) is 10.1 Å². The minimum absolute atomic E-state index is 0. The SMILES string of the molecule is Cc1cc([N+](=O)[O-])c[c-]c1O.[Y]. The maximum Gasteiger partial charge on any atom is 0.163 e. The predicted molar refractivity (Wildman–Crippen MR) is 38.3 cm³/mol. The van der Waals surface area contributed by atoms with Crippen LogP contribution in [0.5, 0.6) is 5.75 Å². The van der Waals surface area contributed by atoms with Crippen molar-refractivity contribution in [3.8, 4) is 5.75 Å². The zero-order valence-corrected chi connectivity index (χ0v) is 9.28. The van der Waals surface area contributed by atoms with Crippen LogP contribution in [-0.4, -0.2) is 10.0 Å². The van der Waals surface area contributed by atoms with Crippen LogP contribution in [0.3, 0.4) is 0 Å². The van der Waals surface area contributed by atoms with E-state index >= 15 is 0 Å². The van der Waals surface area contributed by atoms with Crippen LogP contribution in [0, 0.1) is 23.1 Å². The third-order valence-electron chi connectivity index (χ3n) is 1.31. The number of hydrogen-bond donors (Lipinski definition) is 1. The Bertz CT molecular complexity index is 301. The Balaban J connectivity index is 0.00000121. The molecule has 0 heterocycles. The molecule has 5 heteroatoms. The Labute approximate surface area is 94.6 Å². The molecular weight excluding hydrogens is 235 g/mol. The summed E-state index contributed by atoms with van der Waals surface area (Å²) >= 11 is 0. The van der Waals surface area contributed by atoms with E-state index in [0.717, 1.165) is 6.07 Å². The first-order valence-corrected chi connectivity index (χ1v) is 2.97. The van der Waals surface area contributed by atoms with Gasteiger partial charge in [-0.2, -0.15) is 0 Å². The van der Waals surface area contributed by atoms with Gasteiger partial charge in [-0.25, -0.2) is 0 Å². The van der Waals surface area contributed by atoms with Gasteiger partial charge < -0.3 is 5.11 Å². The molecule has 61 valence electrons. The molecule has 0 unspecified atom stereocenters. The van der Waals surface area contributed by atoms with E-state index in [1.807, 2.05) is 0 Å². The minimum atomic E-state index is -0.525. The molecule has 1 N–H and O–H groups in total. The van der Waals surface area contributed by atoms with Crippen molar-refractivity contribution in [3.63, 3.8) is 0 Å². The predicted octanol–water partition coefficient (Wildman–Crippen LogP) is 1.41. The number of aromatic hydroxyl groups is 1. The van der Waals surface area contributed by atoms with Gasteiger partial charge in [0, 0.05) is 43.4 Å². The smallest absolute Gasteiger partial charge is 0.163 e. The van der Waals surface area contributed by atoms with E-state index < -0.39 is 4.92 Å². The molecule has 0 aliphatic rings. The summed E-state index contributed by atoms with van der Waals surface area (Å²) < 4.78 is 0. The van der Waals surface area contributed by atoms with Crippen LogP contribution in [0.25, 0.3) is 0 Å². The molecule has 0 saturated heterocycles. The van der Waals surface area contributed by atoms with Gasteiger partial charge in [-0.15, -0.1) is 11.6 Å². The molecule has 1 radical (unpaired) electrons. The first kappa shape index (κ1) is 11.5. The van der Waals surface area contributed by atoms with Gasteiger partial charge in [-0.05, 0) is 0 Å². The summed E-state index contributed by atoms with van der Waals surface area (Å²) in [5.74, 6) is -0.0457. The Hall–Kier alpha value is -0.476. The van der Waals surface area contributed by atoms with Crippen molar-refractivity contribution in [3.05, 3.63) is 33.9 Å². The average Bonchev–Trinajstić information content (AvgIpc) is 1.94. The van der Waals surface area contributed by atoms with Gasteiger partial charge >= 0.3 is 0 Å². The van der Waals surface area contributed by atoms with Crippen molar-refractivity contribution in [2.75, 3.05) is 0 Å². The summed E-state index contributed by atoms with van der Waals surface area (Å²) in [6, 6.07) is 4.80. The number of nitro groups is 1. The second-order valence-electron chi connectivity index (χ2n) is 2.15. The summed E-state index contributed by atoms with van der Waals surface area (Å²) in [4.78, 5) is 9.64. The topological polar surface area (TPSA) is 63.4 Å². The van der Waals surface area contributed by atoms with Crippen LogP contribution in [0.2, 0.25) is 0 Å². The van der Waals surface area contributed by atoms with Gasteiger partial charge in [0.15, 0.2) is 5.69 Å². The zero-order chi connectivity index (χ0) is 8.43. The van der Waals surface area contributed by atoms with Crippen molar-refractivity contribution >= 4 is 5.69 Å². The number of rotatable bonds is 1. The number of hydrogen-bond acceptors (Lipinski definition) is 3. The van der Waals surface area contributed by atoms with E-state index in [1.165, 1.54) is 6.07 Å². The van der Waals surface area contributed by atoms with Crippen molar-refractivity contribution in [1.29, 1.82) is 0 Å². The third-order valence-corrected chi connectivity index (χ3v) is 1.31. The van der Waals surface area contributed by atoms with E-state index in [9.17, 15) is 10.1 Å². The van der Waals surface area contributed by atoms with E-state index in [4.69, 9.17) is 5.11 Å².